The SMILES string of the molecule is N#C/C(=C/Nc1ccc(N2CCCCC2)cc1)C(=O)N1CCCCC1. The first kappa shape index (κ1) is 17.3. The van der Waals surface area contributed by atoms with E-state index in [2.05, 4.69) is 22.3 Å². The zero-order valence-electron chi connectivity index (χ0n) is 14.7. The number of hydrogen-bond donors (Lipinski definition) is 1. The molecule has 0 spiro atoms. The first-order chi connectivity index (χ1) is 12.3. The molecule has 5 heteroatoms. The van der Waals surface area contributed by atoms with Crippen molar-refractivity contribution in [3.8, 4) is 6.07 Å². The third-order valence-electron chi connectivity index (χ3n) is 4.97. The van der Waals surface area contributed by atoms with E-state index in [1.54, 1.807) is 4.90 Å². The number of carbonyl (C=O) groups is 1. The van der Waals surface area contributed by atoms with Crippen LogP contribution >= 0.6 is 0 Å². The zero-order valence-corrected chi connectivity index (χ0v) is 14.7. The van der Waals surface area contributed by atoms with E-state index in [0.29, 0.717) is 0 Å². The Labute approximate surface area is 149 Å². The summed E-state index contributed by atoms with van der Waals surface area (Å²) in [7, 11) is 0. The van der Waals surface area contributed by atoms with Gasteiger partial charge in [-0.3, -0.25) is 4.79 Å². The highest BCUT2D eigenvalue weighted by Crippen LogP contribution is 2.22. The van der Waals surface area contributed by atoms with Crippen LogP contribution < -0.4 is 10.2 Å². The van der Waals surface area contributed by atoms with Crippen molar-refractivity contribution >= 4 is 17.3 Å². The van der Waals surface area contributed by atoms with Crippen LogP contribution in [0.1, 0.15) is 38.5 Å². The number of likely N-dealkylation sites (tertiary alicyclic amines) is 1. The molecule has 1 aromatic rings. The molecule has 2 aliphatic heterocycles. The van der Waals surface area contributed by atoms with Gasteiger partial charge >= 0.3 is 0 Å². The van der Waals surface area contributed by atoms with Crippen LogP contribution in [0.2, 0.25) is 0 Å². The Hall–Kier alpha value is -2.48. The standard InChI is InChI=1S/C20H26N4O/c21-15-17(20(25)24-13-5-2-6-14-24)16-22-18-7-9-19(10-8-18)23-11-3-1-4-12-23/h7-10,16,22H,1-6,11-14H2/b17-16-. The van der Waals surface area contributed by atoms with Crippen molar-refractivity contribution in [3.05, 3.63) is 36.0 Å². The highest BCUT2D eigenvalue weighted by molar-refractivity contribution is 5.97. The maximum Gasteiger partial charge on any atom is 0.266 e. The minimum atomic E-state index is -0.167. The average Bonchev–Trinajstić information content (AvgIpc) is 2.70. The van der Waals surface area contributed by atoms with Crippen molar-refractivity contribution in [2.75, 3.05) is 36.4 Å². The quantitative estimate of drug-likeness (QED) is 0.674. The minimum Gasteiger partial charge on any atom is -0.372 e. The number of amides is 1. The third kappa shape index (κ3) is 4.54. The summed E-state index contributed by atoms with van der Waals surface area (Å²) in [4.78, 5) is 16.6. The van der Waals surface area contributed by atoms with Crippen molar-refractivity contribution < 1.29 is 4.79 Å². The van der Waals surface area contributed by atoms with Crippen LogP contribution in [0.5, 0.6) is 0 Å². The fourth-order valence-electron chi connectivity index (χ4n) is 3.49. The first-order valence-corrected chi connectivity index (χ1v) is 9.29. The number of nitrogens with zero attached hydrogens (tertiary/aromatic N) is 3. The van der Waals surface area contributed by atoms with Crippen molar-refractivity contribution in [1.29, 1.82) is 5.26 Å². The Morgan fingerprint density at radius 2 is 1.56 bits per heavy atom. The normalized spacial score (nSPS) is 18.6. The summed E-state index contributed by atoms with van der Waals surface area (Å²) in [5, 5.41) is 12.4. The minimum absolute atomic E-state index is 0.167. The fourth-order valence-corrected chi connectivity index (χ4v) is 3.49. The van der Waals surface area contributed by atoms with Gasteiger partial charge in [-0.15, -0.1) is 0 Å². The number of carbonyl (C=O) groups excluding carboxylic acids is 1. The van der Waals surface area contributed by atoms with Gasteiger partial charge in [0.05, 0.1) is 0 Å². The second kappa shape index (κ2) is 8.57. The van der Waals surface area contributed by atoms with Gasteiger partial charge in [0.25, 0.3) is 5.91 Å². The monoisotopic (exact) mass is 338 g/mol. The van der Waals surface area contributed by atoms with Crippen LogP contribution in [0.4, 0.5) is 11.4 Å². The second-order valence-electron chi connectivity index (χ2n) is 6.76. The molecule has 0 atom stereocenters. The largest absolute Gasteiger partial charge is 0.372 e. The Kier molecular flexibility index (Phi) is 5.95. The topological polar surface area (TPSA) is 59.4 Å². The van der Waals surface area contributed by atoms with Gasteiger partial charge in [0, 0.05) is 43.8 Å². The van der Waals surface area contributed by atoms with E-state index in [-0.39, 0.29) is 11.5 Å². The summed E-state index contributed by atoms with van der Waals surface area (Å²) in [6.45, 7) is 3.75. The lowest BCUT2D eigenvalue weighted by Crippen LogP contribution is -2.36. The van der Waals surface area contributed by atoms with Crippen molar-refractivity contribution in [3.63, 3.8) is 0 Å². The maximum absolute atomic E-state index is 12.4. The van der Waals surface area contributed by atoms with Crippen molar-refractivity contribution in [1.82, 2.24) is 4.90 Å². The molecule has 2 aliphatic rings. The van der Waals surface area contributed by atoms with Crippen LogP contribution in [0.25, 0.3) is 0 Å². The molecule has 2 saturated heterocycles. The van der Waals surface area contributed by atoms with Crippen LogP contribution in [0, 0.1) is 11.3 Å². The predicted molar refractivity (Wildman–Crippen MR) is 100 cm³/mol. The number of hydrogen-bond acceptors (Lipinski definition) is 4. The van der Waals surface area contributed by atoms with E-state index in [4.69, 9.17) is 0 Å². The Bertz CT molecular complexity index is 647. The molecule has 0 aromatic heterocycles. The number of nitrogens with one attached hydrogen (secondary N) is 1. The van der Waals surface area contributed by atoms with Crippen molar-refractivity contribution in [2.45, 2.75) is 38.5 Å². The van der Waals surface area contributed by atoms with Gasteiger partial charge in [-0.05, 0) is 62.8 Å². The smallest absolute Gasteiger partial charge is 0.266 e. The number of anilines is 2. The van der Waals surface area contributed by atoms with Gasteiger partial charge in [0.15, 0.2) is 0 Å². The zero-order chi connectivity index (χ0) is 17.5. The highest BCUT2D eigenvalue weighted by atomic mass is 16.2. The maximum atomic E-state index is 12.4. The van der Waals surface area contributed by atoms with Gasteiger partial charge in [0.2, 0.25) is 0 Å². The van der Waals surface area contributed by atoms with Crippen LogP contribution in [-0.2, 0) is 4.79 Å². The van der Waals surface area contributed by atoms with E-state index in [1.807, 2.05) is 18.2 Å². The molecule has 0 aliphatic carbocycles. The van der Waals surface area contributed by atoms with Crippen LogP contribution in [-0.4, -0.2) is 37.0 Å². The lowest BCUT2D eigenvalue weighted by atomic mass is 10.1. The number of rotatable bonds is 4. The molecule has 25 heavy (non-hydrogen) atoms. The molecule has 132 valence electrons. The van der Waals surface area contributed by atoms with Gasteiger partial charge < -0.3 is 15.1 Å². The van der Waals surface area contributed by atoms with Crippen LogP contribution in [0.3, 0.4) is 0 Å². The van der Waals surface area contributed by atoms with Crippen molar-refractivity contribution in [2.24, 2.45) is 0 Å². The molecule has 0 radical (unpaired) electrons. The van der Waals surface area contributed by atoms with E-state index >= 15 is 0 Å². The van der Waals surface area contributed by atoms with E-state index in [9.17, 15) is 10.1 Å². The predicted octanol–water partition coefficient (Wildman–Crippen LogP) is 3.51. The Balaban J connectivity index is 1.61. The molecule has 1 aromatic carbocycles. The summed E-state index contributed by atoms with van der Waals surface area (Å²) in [6, 6.07) is 10.2. The Morgan fingerprint density at radius 1 is 0.960 bits per heavy atom. The van der Waals surface area contributed by atoms with Gasteiger partial charge in [-0.2, -0.15) is 5.26 Å². The highest BCUT2D eigenvalue weighted by Gasteiger charge is 2.20. The molecule has 2 heterocycles. The van der Waals surface area contributed by atoms with E-state index in [0.717, 1.165) is 51.1 Å². The van der Waals surface area contributed by atoms with E-state index in [1.165, 1.54) is 31.1 Å². The molecule has 0 bridgehead atoms. The average molecular weight is 338 g/mol. The summed E-state index contributed by atoms with van der Waals surface area (Å²) in [5.41, 5.74) is 2.29. The molecule has 5 nitrogen and oxygen atoms in total. The molecule has 3 rings (SSSR count). The molecule has 1 amide bonds. The number of piperidine rings is 2. The van der Waals surface area contributed by atoms with Gasteiger partial charge in [-0.1, -0.05) is 0 Å². The van der Waals surface area contributed by atoms with Gasteiger partial charge in [0.1, 0.15) is 11.6 Å². The summed E-state index contributed by atoms with van der Waals surface area (Å²) in [6.07, 6.45) is 8.58. The molecular formula is C20H26N4O. The molecule has 0 saturated carbocycles. The van der Waals surface area contributed by atoms with E-state index < -0.39 is 0 Å². The second-order valence-corrected chi connectivity index (χ2v) is 6.76. The molecule has 0 unspecified atom stereocenters. The first-order valence-electron chi connectivity index (χ1n) is 9.29. The molecule has 2 fully saturated rings. The molecule has 1 N–H and O–H groups in total. The number of nitriles is 1. The summed E-state index contributed by atoms with van der Waals surface area (Å²) >= 11 is 0. The fraction of sp³-hybridized carbons (Fsp3) is 0.500. The van der Waals surface area contributed by atoms with Gasteiger partial charge in [-0.25, -0.2) is 0 Å². The number of benzene rings is 1. The molecular weight excluding hydrogens is 312 g/mol. The lowest BCUT2D eigenvalue weighted by molar-refractivity contribution is -0.127. The third-order valence-corrected chi connectivity index (χ3v) is 4.97. The Morgan fingerprint density at radius 3 is 2.16 bits per heavy atom. The lowest BCUT2D eigenvalue weighted by Gasteiger charge is -2.28. The summed E-state index contributed by atoms with van der Waals surface area (Å²) < 4.78 is 0. The van der Waals surface area contributed by atoms with Crippen LogP contribution in [0.15, 0.2) is 36.0 Å². The summed E-state index contributed by atoms with van der Waals surface area (Å²) in [5.74, 6) is -0.167.